The summed E-state index contributed by atoms with van der Waals surface area (Å²) in [6.45, 7) is 1.62. The van der Waals surface area contributed by atoms with Crippen molar-refractivity contribution >= 4 is 21.8 Å². The summed E-state index contributed by atoms with van der Waals surface area (Å²) in [7, 11) is -2.50. The number of nitrogens with zero attached hydrogens (tertiary/aromatic N) is 2. The molecule has 1 fully saturated rings. The molecule has 2 heterocycles. The Morgan fingerprint density at radius 3 is 2.74 bits per heavy atom. The first kappa shape index (κ1) is 13.7. The van der Waals surface area contributed by atoms with Crippen molar-refractivity contribution < 1.29 is 18.0 Å². The van der Waals surface area contributed by atoms with Crippen LogP contribution >= 0.6 is 0 Å². The SMILES string of the molecule is Cc1ncc(S(=O)(=O)NC2CCC(=O)N(C)C2=O)[nH]1. The number of hydrogen-bond acceptors (Lipinski definition) is 5. The molecule has 2 amide bonds. The molecule has 1 aliphatic rings. The van der Waals surface area contributed by atoms with Gasteiger partial charge >= 0.3 is 0 Å². The van der Waals surface area contributed by atoms with Gasteiger partial charge in [0.05, 0.1) is 6.20 Å². The quantitative estimate of drug-likeness (QED) is 0.702. The number of aromatic amines is 1. The number of hydrogen-bond donors (Lipinski definition) is 2. The molecule has 0 bridgehead atoms. The number of sulfonamides is 1. The predicted molar refractivity (Wildman–Crippen MR) is 64.4 cm³/mol. The Bertz CT molecular complexity index is 621. The number of nitrogens with one attached hydrogen (secondary N) is 2. The van der Waals surface area contributed by atoms with Gasteiger partial charge in [-0.1, -0.05) is 0 Å². The van der Waals surface area contributed by atoms with Crippen LogP contribution in [0.5, 0.6) is 0 Å². The van der Waals surface area contributed by atoms with Gasteiger partial charge in [-0.05, 0) is 13.3 Å². The second-order valence-corrected chi connectivity index (χ2v) is 6.02. The molecule has 2 rings (SSSR count). The third kappa shape index (κ3) is 2.66. The van der Waals surface area contributed by atoms with Crippen LogP contribution < -0.4 is 4.72 Å². The Hall–Kier alpha value is -1.74. The van der Waals surface area contributed by atoms with Crippen LogP contribution in [0.2, 0.25) is 0 Å². The molecule has 19 heavy (non-hydrogen) atoms. The van der Waals surface area contributed by atoms with E-state index in [0.717, 1.165) is 4.90 Å². The molecule has 2 N–H and O–H groups in total. The molecule has 0 spiro atoms. The van der Waals surface area contributed by atoms with Crippen molar-refractivity contribution in [3.63, 3.8) is 0 Å². The number of likely N-dealkylation sites (N-methyl/N-ethyl adjacent to an activating group) is 1. The fraction of sp³-hybridized carbons (Fsp3) is 0.500. The lowest BCUT2D eigenvalue weighted by atomic mass is 10.1. The van der Waals surface area contributed by atoms with E-state index in [-0.39, 0.29) is 23.8 Å². The normalized spacial score (nSPS) is 20.9. The highest BCUT2D eigenvalue weighted by Crippen LogP contribution is 2.14. The van der Waals surface area contributed by atoms with Crippen molar-refractivity contribution in [1.82, 2.24) is 19.6 Å². The number of H-pyrrole nitrogens is 1. The highest BCUT2D eigenvalue weighted by atomic mass is 32.2. The minimum absolute atomic E-state index is 0.0997. The highest BCUT2D eigenvalue weighted by molar-refractivity contribution is 7.89. The lowest BCUT2D eigenvalue weighted by molar-refractivity contribution is -0.147. The summed E-state index contributed by atoms with van der Waals surface area (Å²) in [4.78, 5) is 30.4. The molecule has 1 atom stereocenters. The van der Waals surface area contributed by atoms with Crippen LogP contribution in [0, 0.1) is 6.92 Å². The van der Waals surface area contributed by atoms with E-state index in [9.17, 15) is 18.0 Å². The molecular formula is C10H14N4O4S. The third-order valence-electron chi connectivity index (χ3n) is 2.92. The summed E-state index contributed by atoms with van der Waals surface area (Å²) in [6, 6.07) is -0.920. The average molecular weight is 286 g/mol. The fourth-order valence-electron chi connectivity index (χ4n) is 1.81. The number of aryl methyl sites for hydroxylation is 1. The molecule has 9 heteroatoms. The Labute approximate surface area is 110 Å². The lowest BCUT2D eigenvalue weighted by Crippen LogP contribution is -2.52. The Morgan fingerprint density at radius 2 is 2.16 bits per heavy atom. The predicted octanol–water partition coefficient (Wildman–Crippen LogP) is -0.856. The minimum atomic E-state index is -3.84. The summed E-state index contributed by atoms with van der Waals surface area (Å²) in [5, 5.41) is -0.0997. The van der Waals surface area contributed by atoms with E-state index in [2.05, 4.69) is 14.7 Å². The molecule has 104 valence electrons. The Kier molecular flexibility index (Phi) is 3.42. The Balaban J connectivity index is 2.17. The van der Waals surface area contributed by atoms with Gasteiger partial charge in [0, 0.05) is 13.5 Å². The van der Waals surface area contributed by atoms with E-state index in [4.69, 9.17) is 0 Å². The number of rotatable bonds is 3. The van der Waals surface area contributed by atoms with Crippen LogP contribution in [-0.2, 0) is 19.6 Å². The average Bonchev–Trinajstić information content (AvgIpc) is 2.78. The maximum atomic E-state index is 12.0. The van der Waals surface area contributed by atoms with Crippen molar-refractivity contribution in [2.24, 2.45) is 0 Å². The van der Waals surface area contributed by atoms with E-state index in [0.29, 0.717) is 5.82 Å². The molecule has 1 aromatic heterocycles. The molecule has 0 radical (unpaired) electrons. The van der Waals surface area contributed by atoms with E-state index in [1.54, 1.807) is 6.92 Å². The molecule has 1 aromatic rings. The van der Waals surface area contributed by atoms with Crippen molar-refractivity contribution in [2.45, 2.75) is 30.8 Å². The maximum absolute atomic E-state index is 12.0. The van der Waals surface area contributed by atoms with E-state index >= 15 is 0 Å². The van der Waals surface area contributed by atoms with Gasteiger partial charge in [-0.2, -0.15) is 4.72 Å². The number of imide groups is 1. The van der Waals surface area contributed by atoms with Crippen LogP contribution in [-0.4, -0.2) is 48.2 Å². The van der Waals surface area contributed by atoms with E-state index < -0.39 is 22.0 Å². The monoisotopic (exact) mass is 286 g/mol. The topological polar surface area (TPSA) is 112 Å². The number of amides is 2. The molecule has 1 saturated heterocycles. The summed E-state index contributed by atoms with van der Waals surface area (Å²) in [5.74, 6) is -0.392. The zero-order valence-corrected chi connectivity index (χ0v) is 11.3. The van der Waals surface area contributed by atoms with Crippen LogP contribution in [0.3, 0.4) is 0 Å². The summed E-state index contributed by atoms with van der Waals surface area (Å²) in [6.07, 6.45) is 1.48. The van der Waals surface area contributed by atoms with Crippen molar-refractivity contribution in [1.29, 1.82) is 0 Å². The van der Waals surface area contributed by atoms with E-state index in [1.807, 2.05) is 0 Å². The first-order valence-electron chi connectivity index (χ1n) is 5.65. The van der Waals surface area contributed by atoms with Gasteiger partial charge in [0.15, 0.2) is 5.03 Å². The van der Waals surface area contributed by atoms with Gasteiger partial charge in [0.2, 0.25) is 11.8 Å². The number of aromatic nitrogens is 2. The second kappa shape index (κ2) is 4.74. The smallest absolute Gasteiger partial charge is 0.258 e. The summed E-state index contributed by atoms with van der Waals surface area (Å²) < 4.78 is 26.3. The van der Waals surface area contributed by atoms with Crippen molar-refractivity contribution in [3.05, 3.63) is 12.0 Å². The molecule has 0 aliphatic carbocycles. The number of piperidine rings is 1. The zero-order chi connectivity index (χ0) is 14.2. The molecule has 0 aromatic carbocycles. The van der Waals surface area contributed by atoms with Gasteiger partial charge < -0.3 is 4.98 Å². The van der Waals surface area contributed by atoms with Gasteiger partial charge in [0.25, 0.3) is 10.0 Å². The lowest BCUT2D eigenvalue weighted by Gasteiger charge is -2.27. The van der Waals surface area contributed by atoms with Gasteiger partial charge in [0.1, 0.15) is 11.9 Å². The molecule has 1 unspecified atom stereocenters. The number of likely N-dealkylation sites (tertiary alicyclic amines) is 1. The van der Waals surface area contributed by atoms with Crippen LogP contribution in [0.1, 0.15) is 18.7 Å². The van der Waals surface area contributed by atoms with Crippen molar-refractivity contribution in [2.75, 3.05) is 7.05 Å². The third-order valence-corrected chi connectivity index (χ3v) is 4.30. The second-order valence-electron chi connectivity index (χ2n) is 4.34. The van der Waals surface area contributed by atoms with Gasteiger partial charge in [-0.3, -0.25) is 14.5 Å². The van der Waals surface area contributed by atoms with Gasteiger partial charge in [-0.15, -0.1) is 0 Å². The molecule has 1 aliphatic heterocycles. The number of carbonyl (C=O) groups is 2. The minimum Gasteiger partial charge on any atom is -0.332 e. The standard InChI is InChI=1S/C10H14N4O4S/c1-6-11-5-8(12-6)19(17,18)13-7-3-4-9(15)14(2)10(7)16/h5,7,13H,3-4H2,1-2H3,(H,11,12). The number of imidazole rings is 1. The largest absolute Gasteiger partial charge is 0.332 e. The summed E-state index contributed by atoms with van der Waals surface area (Å²) >= 11 is 0. The fourth-order valence-corrected chi connectivity index (χ4v) is 3.00. The molecule has 8 nitrogen and oxygen atoms in total. The van der Waals surface area contributed by atoms with Crippen LogP contribution in [0.25, 0.3) is 0 Å². The van der Waals surface area contributed by atoms with Gasteiger partial charge in [-0.25, -0.2) is 13.4 Å². The van der Waals surface area contributed by atoms with Crippen LogP contribution in [0.4, 0.5) is 0 Å². The summed E-state index contributed by atoms with van der Waals surface area (Å²) in [5.41, 5.74) is 0. The molecule has 0 saturated carbocycles. The van der Waals surface area contributed by atoms with E-state index in [1.165, 1.54) is 13.2 Å². The Morgan fingerprint density at radius 1 is 1.47 bits per heavy atom. The number of carbonyl (C=O) groups excluding carboxylic acids is 2. The highest BCUT2D eigenvalue weighted by Gasteiger charge is 2.35. The first-order valence-corrected chi connectivity index (χ1v) is 7.14. The molecular weight excluding hydrogens is 272 g/mol. The maximum Gasteiger partial charge on any atom is 0.258 e. The van der Waals surface area contributed by atoms with Crippen LogP contribution in [0.15, 0.2) is 11.2 Å². The zero-order valence-electron chi connectivity index (χ0n) is 10.5. The first-order chi connectivity index (χ1) is 8.81. The van der Waals surface area contributed by atoms with Crippen molar-refractivity contribution in [3.8, 4) is 0 Å².